The van der Waals surface area contributed by atoms with Crippen LogP contribution in [0, 0.1) is 11.8 Å². The Labute approximate surface area is 175 Å². The standard InChI is InChI=1S/C21H24N2O4S2/c24-20(25)13-16-8-10-23(29(26,27)21-6-3-11-28-21)14-17(16)12-19-18-5-2-1-4-15(18)7-9-22-19/h1-6,11,16-17H,7-10,12-14H2,(H,24,25)/t16-,17-/m0/s1. The minimum absolute atomic E-state index is 0.0564. The number of carboxylic acids is 1. The number of sulfonamides is 1. The van der Waals surface area contributed by atoms with Gasteiger partial charge in [0.1, 0.15) is 4.21 Å². The molecule has 0 spiro atoms. The molecule has 1 N–H and O–H groups in total. The van der Waals surface area contributed by atoms with E-state index in [1.54, 1.807) is 17.5 Å². The van der Waals surface area contributed by atoms with E-state index in [1.807, 2.05) is 12.1 Å². The third-order valence-corrected chi connectivity index (χ3v) is 9.09. The third-order valence-electron chi connectivity index (χ3n) is 5.85. The summed E-state index contributed by atoms with van der Waals surface area (Å²) in [5.41, 5.74) is 3.35. The summed E-state index contributed by atoms with van der Waals surface area (Å²) in [6, 6.07) is 11.5. The van der Waals surface area contributed by atoms with Crippen LogP contribution in [0.4, 0.5) is 0 Å². The summed E-state index contributed by atoms with van der Waals surface area (Å²) >= 11 is 1.22. The summed E-state index contributed by atoms with van der Waals surface area (Å²) < 4.78 is 27.9. The van der Waals surface area contributed by atoms with Crippen LogP contribution in [0.15, 0.2) is 51.0 Å². The van der Waals surface area contributed by atoms with Gasteiger partial charge in [0, 0.05) is 31.8 Å². The molecule has 29 heavy (non-hydrogen) atoms. The van der Waals surface area contributed by atoms with Crippen LogP contribution in [-0.2, 0) is 21.2 Å². The first-order valence-electron chi connectivity index (χ1n) is 9.82. The van der Waals surface area contributed by atoms with Crippen LogP contribution in [0.5, 0.6) is 0 Å². The molecule has 1 aromatic heterocycles. The van der Waals surface area contributed by atoms with Gasteiger partial charge >= 0.3 is 5.97 Å². The Balaban J connectivity index is 1.59. The monoisotopic (exact) mass is 432 g/mol. The van der Waals surface area contributed by atoms with Gasteiger partial charge in [0.25, 0.3) is 10.0 Å². The van der Waals surface area contributed by atoms with E-state index in [-0.39, 0.29) is 18.3 Å². The topological polar surface area (TPSA) is 87.0 Å². The molecule has 3 heterocycles. The first-order chi connectivity index (χ1) is 13.9. The number of aliphatic carboxylic acids is 1. The molecule has 0 bridgehead atoms. The number of hydrogen-bond donors (Lipinski definition) is 1. The van der Waals surface area contributed by atoms with Crippen molar-refractivity contribution >= 4 is 33.0 Å². The lowest BCUT2D eigenvalue weighted by molar-refractivity contribution is -0.138. The van der Waals surface area contributed by atoms with Crippen LogP contribution in [0.25, 0.3) is 0 Å². The van der Waals surface area contributed by atoms with Crippen molar-refractivity contribution in [2.24, 2.45) is 16.8 Å². The number of fused-ring (bicyclic) bond motifs is 1. The van der Waals surface area contributed by atoms with Crippen LogP contribution >= 0.6 is 11.3 Å². The molecule has 0 radical (unpaired) electrons. The van der Waals surface area contributed by atoms with Gasteiger partial charge in [0.15, 0.2) is 0 Å². The fourth-order valence-electron chi connectivity index (χ4n) is 4.37. The molecule has 2 atom stereocenters. The van der Waals surface area contributed by atoms with Crippen LogP contribution in [0.1, 0.15) is 30.4 Å². The van der Waals surface area contributed by atoms with E-state index in [0.717, 1.165) is 24.2 Å². The molecule has 0 aliphatic carbocycles. The maximum absolute atomic E-state index is 13.0. The SMILES string of the molecule is O=C(O)C[C@@H]1CCN(S(=O)(=O)c2cccs2)C[C@@H]1CC1=NCCc2ccccc21. The van der Waals surface area contributed by atoms with Gasteiger partial charge in [0.2, 0.25) is 0 Å². The summed E-state index contributed by atoms with van der Waals surface area (Å²) in [7, 11) is -3.54. The van der Waals surface area contributed by atoms with Crippen LogP contribution in [0.2, 0.25) is 0 Å². The molecule has 154 valence electrons. The lowest BCUT2D eigenvalue weighted by Gasteiger charge is -2.37. The molecular formula is C21H24N2O4S2. The fraction of sp³-hybridized carbons (Fsp3) is 0.429. The van der Waals surface area contributed by atoms with Crippen molar-refractivity contribution in [2.45, 2.75) is 29.9 Å². The molecule has 2 aliphatic heterocycles. The number of carboxylic acid groups (broad SMARTS) is 1. The van der Waals surface area contributed by atoms with Gasteiger partial charge in [0.05, 0.1) is 0 Å². The summed E-state index contributed by atoms with van der Waals surface area (Å²) in [5, 5.41) is 11.1. The van der Waals surface area contributed by atoms with Crippen molar-refractivity contribution < 1.29 is 18.3 Å². The van der Waals surface area contributed by atoms with E-state index < -0.39 is 16.0 Å². The Morgan fingerprint density at radius 3 is 2.79 bits per heavy atom. The van der Waals surface area contributed by atoms with Crippen molar-refractivity contribution in [3.8, 4) is 0 Å². The Morgan fingerprint density at radius 1 is 1.21 bits per heavy atom. The molecular weight excluding hydrogens is 408 g/mol. The van der Waals surface area contributed by atoms with Crippen molar-refractivity contribution in [3.63, 3.8) is 0 Å². The predicted octanol–water partition coefficient (Wildman–Crippen LogP) is 3.29. The first kappa shape index (κ1) is 20.3. The van der Waals surface area contributed by atoms with Crippen LogP contribution in [0.3, 0.4) is 0 Å². The highest BCUT2D eigenvalue weighted by atomic mass is 32.2. The Kier molecular flexibility index (Phi) is 5.85. The summed E-state index contributed by atoms with van der Waals surface area (Å²) in [4.78, 5) is 16.1. The predicted molar refractivity (Wildman–Crippen MR) is 113 cm³/mol. The van der Waals surface area contributed by atoms with E-state index in [4.69, 9.17) is 4.99 Å². The number of aliphatic imine (C=N–C) groups is 1. The van der Waals surface area contributed by atoms with E-state index in [9.17, 15) is 18.3 Å². The molecule has 2 aromatic rings. The molecule has 1 saturated heterocycles. The van der Waals surface area contributed by atoms with Crippen LogP contribution in [-0.4, -0.2) is 49.1 Å². The van der Waals surface area contributed by atoms with Crippen molar-refractivity contribution in [3.05, 3.63) is 52.9 Å². The zero-order valence-electron chi connectivity index (χ0n) is 16.0. The molecule has 2 aliphatic rings. The molecule has 0 unspecified atom stereocenters. The average molecular weight is 433 g/mol. The van der Waals surface area contributed by atoms with Crippen molar-refractivity contribution in [2.75, 3.05) is 19.6 Å². The molecule has 1 fully saturated rings. The van der Waals surface area contributed by atoms with E-state index >= 15 is 0 Å². The Hall–Kier alpha value is -2.03. The number of thiophene rings is 1. The molecule has 4 rings (SSSR count). The third kappa shape index (κ3) is 4.29. The number of benzene rings is 1. The van der Waals surface area contributed by atoms with Gasteiger partial charge < -0.3 is 5.11 Å². The van der Waals surface area contributed by atoms with Gasteiger partial charge in [-0.05, 0) is 53.7 Å². The largest absolute Gasteiger partial charge is 0.481 e. The number of nitrogens with zero attached hydrogens (tertiary/aromatic N) is 2. The van der Waals surface area contributed by atoms with Gasteiger partial charge in [-0.3, -0.25) is 9.79 Å². The van der Waals surface area contributed by atoms with E-state index in [2.05, 4.69) is 12.1 Å². The van der Waals surface area contributed by atoms with Gasteiger partial charge in [-0.2, -0.15) is 4.31 Å². The number of piperidine rings is 1. The van der Waals surface area contributed by atoms with Gasteiger partial charge in [-0.1, -0.05) is 30.3 Å². The highest BCUT2D eigenvalue weighted by molar-refractivity contribution is 7.91. The normalized spacial score (nSPS) is 22.7. The van der Waals surface area contributed by atoms with Crippen molar-refractivity contribution in [1.29, 1.82) is 0 Å². The molecule has 0 amide bonds. The van der Waals surface area contributed by atoms with Crippen LogP contribution < -0.4 is 0 Å². The summed E-state index contributed by atoms with van der Waals surface area (Å²) in [6.45, 7) is 1.41. The fourth-order valence-corrected chi connectivity index (χ4v) is 7.02. The molecule has 0 saturated carbocycles. The zero-order valence-corrected chi connectivity index (χ0v) is 17.7. The Bertz CT molecular complexity index is 1020. The zero-order chi connectivity index (χ0) is 20.4. The highest BCUT2D eigenvalue weighted by Crippen LogP contribution is 2.34. The van der Waals surface area contributed by atoms with Gasteiger partial charge in [-0.25, -0.2) is 8.42 Å². The lowest BCUT2D eigenvalue weighted by atomic mass is 9.79. The number of rotatable bonds is 6. The Morgan fingerprint density at radius 2 is 2.03 bits per heavy atom. The van der Waals surface area contributed by atoms with E-state index in [1.165, 1.54) is 21.2 Å². The second kappa shape index (κ2) is 8.38. The maximum Gasteiger partial charge on any atom is 0.303 e. The minimum atomic E-state index is -3.54. The maximum atomic E-state index is 13.0. The lowest BCUT2D eigenvalue weighted by Crippen LogP contribution is -2.44. The number of hydrogen-bond acceptors (Lipinski definition) is 5. The van der Waals surface area contributed by atoms with E-state index in [0.29, 0.717) is 30.1 Å². The van der Waals surface area contributed by atoms with Crippen molar-refractivity contribution in [1.82, 2.24) is 4.31 Å². The highest BCUT2D eigenvalue weighted by Gasteiger charge is 2.37. The number of carbonyl (C=O) groups is 1. The second-order valence-corrected chi connectivity index (χ2v) is 10.8. The quantitative estimate of drug-likeness (QED) is 0.759. The summed E-state index contributed by atoms with van der Waals surface area (Å²) in [6.07, 6.45) is 2.12. The molecule has 1 aromatic carbocycles. The summed E-state index contributed by atoms with van der Waals surface area (Å²) in [5.74, 6) is -0.959. The molecule has 8 heteroatoms. The smallest absolute Gasteiger partial charge is 0.303 e. The second-order valence-electron chi connectivity index (χ2n) is 7.64. The molecule has 6 nitrogen and oxygen atoms in total. The average Bonchev–Trinajstić information content (AvgIpc) is 3.25. The first-order valence-corrected chi connectivity index (χ1v) is 12.1. The minimum Gasteiger partial charge on any atom is -0.481 e. The van der Waals surface area contributed by atoms with Gasteiger partial charge in [-0.15, -0.1) is 11.3 Å².